The normalized spacial score (nSPS) is 25.3. The minimum atomic E-state index is -1.19. The maximum atomic E-state index is 14.3. The maximum absolute atomic E-state index is 14.3. The molecular formula is C46H60N6O9. The SMILES string of the molecule is CC(=O)CC[C@H]1C(=O)N[C@@H](C(C)C)C(=O)N[C@@H](Cc2cccc(O)c2)C(=O)N2CCCC(N2)C(=O)O[C@H](C(C)=CC=CC(=O)Nc2ccccn2)CC=CC=CC[C@H](C)[C@H]1O. The van der Waals surface area contributed by atoms with E-state index in [2.05, 4.69) is 26.4 Å². The number of aliphatic hydroxyl groups excluding tert-OH is 1. The standard InChI is InChI=1S/C46H60N6O9/c1-29(2)41-44(58)48-37(28-33-17-13-18-34(54)27-33)45(59)52-26-14-19-36(51-52)46(60)61-38(30(3)16-12-22-40(55)49-39-21-10-11-25-47-39)20-9-7-6-8-15-31(4)42(56)35(43(57)50-41)24-23-32(5)53/h6-13,16-18,21-22,25,27,29,31,35-38,41-42,51,54,56H,14-15,19-20,23-24,26,28H2,1-5H3,(H,48,58)(H,50,57)(H,47,49,55)/t31-,35+,36?,37-,38-,41-,42+/m0/s1. The van der Waals surface area contributed by atoms with Crippen LogP contribution in [0.5, 0.6) is 5.75 Å². The molecule has 2 aliphatic heterocycles. The van der Waals surface area contributed by atoms with E-state index in [0.29, 0.717) is 36.2 Å². The summed E-state index contributed by atoms with van der Waals surface area (Å²) in [6, 6.07) is 8.23. The van der Waals surface area contributed by atoms with Crippen molar-refractivity contribution in [3.63, 3.8) is 0 Å². The number of fused-ring (bicyclic) bond motifs is 2. The van der Waals surface area contributed by atoms with Gasteiger partial charge < -0.3 is 35.7 Å². The molecule has 328 valence electrons. The molecule has 4 rings (SSSR count). The Kier molecular flexibility index (Phi) is 18.6. The highest BCUT2D eigenvalue weighted by Gasteiger charge is 2.38. The lowest BCUT2D eigenvalue weighted by Crippen LogP contribution is -2.62. The number of esters is 1. The quantitative estimate of drug-likeness (QED) is 0.112. The van der Waals surface area contributed by atoms with E-state index in [1.807, 2.05) is 12.2 Å². The number of ketones is 1. The monoisotopic (exact) mass is 840 g/mol. The number of amides is 4. The number of cyclic esters (lactones) is 1. The number of carbonyl (C=O) groups excluding carboxylic acids is 6. The summed E-state index contributed by atoms with van der Waals surface area (Å²) in [6.45, 7) is 8.68. The third kappa shape index (κ3) is 15.2. The number of hydrogen-bond donors (Lipinski definition) is 6. The highest BCUT2D eigenvalue weighted by molar-refractivity contribution is 5.98. The van der Waals surface area contributed by atoms with E-state index >= 15 is 0 Å². The largest absolute Gasteiger partial charge is 0.508 e. The van der Waals surface area contributed by atoms with Crippen molar-refractivity contribution in [2.75, 3.05) is 11.9 Å². The molecule has 4 amide bonds. The van der Waals surface area contributed by atoms with Gasteiger partial charge >= 0.3 is 5.97 Å². The van der Waals surface area contributed by atoms with Gasteiger partial charge in [-0.1, -0.05) is 75.4 Å². The van der Waals surface area contributed by atoms with Gasteiger partial charge in [0.15, 0.2) is 0 Å². The molecular weight excluding hydrogens is 781 g/mol. The minimum Gasteiger partial charge on any atom is -0.508 e. The second-order valence-corrected chi connectivity index (χ2v) is 16.0. The van der Waals surface area contributed by atoms with Crippen LogP contribution in [0.4, 0.5) is 5.82 Å². The lowest BCUT2D eigenvalue weighted by molar-refractivity contribution is -0.156. The van der Waals surface area contributed by atoms with Crippen molar-refractivity contribution in [3.8, 4) is 5.75 Å². The number of benzene rings is 1. The molecule has 2 aliphatic rings. The van der Waals surface area contributed by atoms with Crippen LogP contribution in [-0.2, 0) is 39.9 Å². The van der Waals surface area contributed by atoms with Crippen molar-refractivity contribution in [2.45, 2.75) is 110 Å². The van der Waals surface area contributed by atoms with Crippen LogP contribution in [0.2, 0.25) is 0 Å². The van der Waals surface area contributed by atoms with E-state index in [-0.39, 0.29) is 43.8 Å². The Morgan fingerprint density at radius 2 is 1.77 bits per heavy atom. The lowest BCUT2D eigenvalue weighted by Gasteiger charge is -2.36. The highest BCUT2D eigenvalue weighted by Crippen LogP contribution is 2.24. The molecule has 15 nitrogen and oxygen atoms in total. The summed E-state index contributed by atoms with van der Waals surface area (Å²) >= 11 is 0. The van der Waals surface area contributed by atoms with Crippen LogP contribution < -0.4 is 21.4 Å². The number of hydrogen-bond acceptors (Lipinski definition) is 11. The Hall–Kier alpha value is -5.93. The van der Waals surface area contributed by atoms with Crippen LogP contribution in [-0.4, -0.2) is 92.5 Å². The van der Waals surface area contributed by atoms with Crippen LogP contribution >= 0.6 is 0 Å². The lowest BCUT2D eigenvalue weighted by atomic mass is 9.85. The summed E-state index contributed by atoms with van der Waals surface area (Å²) in [7, 11) is 0. The average molecular weight is 841 g/mol. The van der Waals surface area contributed by atoms with E-state index in [4.69, 9.17) is 4.74 Å². The molecule has 61 heavy (non-hydrogen) atoms. The molecule has 0 aliphatic carbocycles. The van der Waals surface area contributed by atoms with Crippen LogP contribution in [0.15, 0.2) is 96.8 Å². The molecule has 1 unspecified atom stereocenters. The fourth-order valence-electron chi connectivity index (χ4n) is 7.03. The van der Waals surface area contributed by atoms with E-state index in [9.17, 15) is 39.0 Å². The number of hydrazine groups is 1. The van der Waals surface area contributed by atoms with Gasteiger partial charge in [-0.3, -0.25) is 29.0 Å². The number of anilines is 1. The molecule has 0 spiro atoms. The first kappa shape index (κ1) is 47.7. The number of nitrogens with zero attached hydrogens (tertiary/aromatic N) is 2. The second kappa shape index (κ2) is 23.8. The molecule has 1 saturated heterocycles. The summed E-state index contributed by atoms with van der Waals surface area (Å²) in [5.41, 5.74) is 4.21. The van der Waals surface area contributed by atoms with Gasteiger partial charge in [0.2, 0.25) is 17.7 Å². The van der Waals surface area contributed by atoms with Gasteiger partial charge in [-0.25, -0.2) is 10.4 Å². The molecule has 3 heterocycles. The van der Waals surface area contributed by atoms with Crippen LogP contribution in [0.3, 0.4) is 0 Å². The Balaban J connectivity index is 1.67. The Bertz CT molecular complexity index is 1960. The first-order valence-electron chi connectivity index (χ1n) is 20.9. The summed E-state index contributed by atoms with van der Waals surface area (Å²) in [4.78, 5) is 84.8. The molecule has 0 radical (unpaired) electrons. The third-order valence-corrected chi connectivity index (χ3v) is 10.6. The number of pyridine rings is 1. The Morgan fingerprint density at radius 1 is 1.02 bits per heavy atom. The van der Waals surface area contributed by atoms with Crippen molar-refractivity contribution in [3.05, 3.63) is 102 Å². The number of phenols is 1. The number of aliphatic hydroxyl groups is 1. The molecule has 2 aromatic rings. The summed E-state index contributed by atoms with van der Waals surface area (Å²) in [5, 5.41) is 31.3. The van der Waals surface area contributed by atoms with E-state index in [1.165, 1.54) is 30.1 Å². The molecule has 1 fully saturated rings. The smallest absolute Gasteiger partial charge is 0.325 e. The number of nitrogens with one attached hydrogen (secondary N) is 4. The summed E-state index contributed by atoms with van der Waals surface area (Å²) < 4.78 is 6.06. The number of aromatic nitrogens is 1. The fraction of sp³-hybridized carbons (Fsp3) is 0.457. The summed E-state index contributed by atoms with van der Waals surface area (Å²) in [5.74, 6) is -4.43. The third-order valence-electron chi connectivity index (χ3n) is 10.6. The second-order valence-electron chi connectivity index (χ2n) is 16.0. The van der Waals surface area contributed by atoms with Crippen LogP contribution in [0.1, 0.15) is 78.7 Å². The topological polar surface area (TPSA) is 216 Å². The van der Waals surface area contributed by atoms with Gasteiger partial charge in [0, 0.05) is 38.1 Å². The first-order chi connectivity index (χ1) is 29.1. The van der Waals surface area contributed by atoms with Crippen molar-refractivity contribution in [2.24, 2.45) is 17.8 Å². The zero-order chi connectivity index (χ0) is 44.5. The predicted octanol–water partition coefficient (Wildman–Crippen LogP) is 4.39. The fourth-order valence-corrected chi connectivity index (χ4v) is 7.03. The van der Waals surface area contributed by atoms with E-state index in [0.717, 1.165) is 0 Å². The van der Waals surface area contributed by atoms with Gasteiger partial charge in [-0.2, -0.15) is 0 Å². The first-order valence-corrected chi connectivity index (χ1v) is 20.9. The molecule has 2 bridgehead atoms. The van der Waals surface area contributed by atoms with Crippen LogP contribution in [0, 0.1) is 17.8 Å². The van der Waals surface area contributed by atoms with Gasteiger partial charge in [-0.15, -0.1) is 0 Å². The number of phenolic OH excluding ortho intramolecular Hbond substituents is 1. The zero-order valence-corrected chi connectivity index (χ0v) is 35.6. The molecule has 1 aromatic carbocycles. The van der Waals surface area contributed by atoms with E-state index < -0.39 is 77.7 Å². The van der Waals surface area contributed by atoms with Gasteiger partial charge in [0.25, 0.3) is 5.91 Å². The number of allylic oxidation sites excluding steroid dienone is 5. The van der Waals surface area contributed by atoms with Gasteiger partial charge in [-0.05, 0) is 86.8 Å². The van der Waals surface area contributed by atoms with Crippen molar-refractivity contribution in [1.29, 1.82) is 0 Å². The maximum Gasteiger partial charge on any atom is 0.325 e. The van der Waals surface area contributed by atoms with Crippen molar-refractivity contribution in [1.82, 2.24) is 26.1 Å². The number of ether oxygens (including phenoxy) is 1. The molecule has 0 saturated carbocycles. The number of Topliss-reactive ketones (excluding diaryl/α,β-unsaturated/α-hetero) is 1. The van der Waals surface area contributed by atoms with Crippen molar-refractivity contribution < 1.29 is 43.7 Å². The van der Waals surface area contributed by atoms with Gasteiger partial charge in [0.1, 0.15) is 41.6 Å². The molecule has 15 heteroatoms. The molecule has 7 atom stereocenters. The zero-order valence-electron chi connectivity index (χ0n) is 35.6. The minimum absolute atomic E-state index is 0.0260. The number of rotatable bonds is 10. The molecule has 1 aromatic heterocycles. The Morgan fingerprint density at radius 3 is 2.46 bits per heavy atom. The summed E-state index contributed by atoms with van der Waals surface area (Å²) in [6.07, 6.45) is 13.0. The van der Waals surface area contributed by atoms with E-state index in [1.54, 1.807) is 88.5 Å². The predicted molar refractivity (Wildman–Crippen MR) is 230 cm³/mol. The van der Waals surface area contributed by atoms with Crippen LogP contribution in [0.25, 0.3) is 0 Å². The highest BCUT2D eigenvalue weighted by atomic mass is 16.5. The average Bonchev–Trinajstić information content (AvgIpc) is 3.22. The Labute approximate surface area is 357 Å². The number of carbonyl (C=O) groups is 6. The number of aromatic hydroxyl groups is 1. The van der Waals surface area contributed by atoms with Crippen molar-refractivity contribution >= 4 is 41.2 Å². The van der Waals surface area contributed by atoms with Gasteiger partial charge in [0.05, 0.1) is 12.0 Å². The molecule has 6 N–H and O–H groups in total.